The number of nitrogens with zero attached hydrogens (tertiary/aromatic N) is 1. The van der Waals surface area contributed by atoms with Gasteiger partial charge in [0.2, 0.25) is 0 Å². The second kappa shape index (κ2) is 5.02. The fourth-order valence-corrected chi connectivity index (χ4v) is 1.02. The molecule has 13 heavy (non-hydrogen) atoms. The number of hydrogen-bond donors (Lipinski definition) is 1. The van der Waals surface area contributed by atoms with Crippen molar-refractivity contribution in [2.75, 3.05) is 13.6 Å². The Morgan fingerprint density at radius 2 is 1.92 bits per heavy atom. The minimum absolute atomic E-state index is 0.245. The van der Waals surface area contributed by atoms with Crippen LogP contribution >= 0.6 is 0 Å². The molecule has 0 saturated carbocycles. The molecule has 0 bridgehead atoms. The highest BCUT2D eigenvalue weighted by atomic mass is 16.4. The maximum absolute atomic E-state index is 10.5. The van der Waals surface area contributed by atoms with E-state index < -0.39 is 5.97 Å². The fourth-order valence-electron chi connectivity index (χ4n) is 1.02. The van der Waals surface area contributed by atoms with Gasteiger partial charge in [0.1, 0.15) is 0 Å². The third-order valence-corrected chi connectivity index (χ3v) is 2.40. The van der Waals surface area contributed by atoms with Gasteiger partial charge in [-0.3, -0.25) is 4.90 Å². The van der Waals surface area contributed by atoms with Crippen molar-refractivity contribution in [2.45, 2.75) is 26.8 Å². The zero-order chi connectivity index (χ0) is 10.6. The first kappa shape index (κ1) is 12.2. The molecule has 0 aromatic carbocycles. The van der Waals surface area contributed by atoms with Crippen molar-refractivity contribution >= 4 is 5.97 Å². The quantitative estimate of drug-likeness (QED) is 0.661. The van der Waals surface area contributed by atoms with Gasteiger partial charge in [0.25, 0.3) is 0 Å². The average molecular weight is 185 g/mol. The van der Waals surface area contributed by atoms with Crippen LogP contribution in [-0.2, 0) is 4.79 Å². The fraction of sp³-hybridized carbons (Fsp3) is 0.700. The van der Waals surface area contributed by atoms with E-state index in [0.717, 1.165) is 0 Å². The molecular formula is C10H19NO2. The third kappa shape index (κ3) is 4.08. The summed E-state index contributed by atoms with van der Waals surface area (Å²) in [7, 11) is 1.92. The molecule has 76 valence electrons. The number of carboxylic acids is 1. The molecule has 0 radical (unpaired) electrons. The Morgan fingerprint density at radius 1 is 1.46 bits per heavy atom. The molecule has 1 atom stereocenters. The number of aliphatic carboxylic acids is 1. The Morgan fingerprint density at radius 3 is 2.23 bits per heavy atom. The first-order valence-corrected chi connectivity index (χ1v) is 4.47. The molecule has 0 aromatic heterocycles. The summed E-state index contributed by atoms with van der Waals surface area (Å²) in [5.41, 5.74) is 0.245. The molecule has 0 aromatic rings. The van der Waals surface area contributed by atoms with E-state index in [4.69, 9.17) is 5.11 Å². The highest BCUT2D eigenvalue weighted by Crippen LogP contribution is 2.09. The van der Waals surface area contributed by atoms with Crippen LogP contribution in [0.5, 0.6) is 0 Å². The maximum Gasteiger partial charge on any atom is 0.332 e. The van der Waals surface area contributed by atoms with Crippen LogP contribution in [0.4, 0.5) is 0 Å². The zero-order valence-electron chi connectivity index (χ0n) is 8.87. The van der Waals surface area contributed by atoms with E-state index in [1.165, 1.54) is 0 Å². The Balaban J connectivity index is 4.07. The summed E-state index contributed by atoms with van der Waals surface area (Å²) in [4.78, 5) is 12.5. The van der Waals surface area contributed by atoms with Crippen molar-refractivity contribution in [3.63, 3.8) is 0 Å². The van der Waals surface area contributed by atoms with Gasteiger partial charge < -0.3 is 5.11 Å². The van der Waals surface area contributed by atoms with E-state index in [1.54, 1.807) is 0 Å². The van der Waals surface area contributed by atoms with E-state index in [9.17, 15) is 4.79 Å². The standard InChI is InChI=1S/C10H19NO2/c1-7(2)9(4)11(5)6-8(3)10(12)13/h7,9H,3,6H2,1-2,4-5H3,(H,12,13). The second-order valence-electron chi connectivity index (χ2n) is 3.81. The molecule has 0 aliphatic carbocycles. The van der Waals surface area contributed by atoms with Crippen molar-refractivity contribution in [1.82, 2.24) is 4.90 Å². The summed E-state index contributed by atoms with van der Waals surface area (Å²) < 4.78 is 0. The summed E-state index contributed by atoms with van der Waals surface area (Å²) in [6, 6.07) is 0.371. The SMILES string of the molecule is C=C(CN(C)C(C)C(C)C)C(=O)O. The summed E-state index contributed by atoms with van der Waals surface area (Å²) in [6.45, 7) is 10.2. The number of hydrogen-bond acceptors (Lipinski definition) is 2. The van der Waals surface area contributed by atoms with Gasteiger partial charge in [0.05, 0.1) is 0 Å². The van der Waals surface area contributed by atoms with Crippen LogP contribution in [0, 0.1) is 5.92 Å². The van der Waals surface area contributed by atoms with Crippen LogP contribution < -0.4 is 0 Å². The van der Waals surface area contributed by atoms with Crippen molar-refractivity contribution in [3.05, 3.63) is 12.2 Å². The first-order valence-electron chi connectivity index (χ1n) is 4.47. The Labute approximate surface area is 80.0 Å². The van der Waals surface area contributed by atoms with E-state index in [1.807, 2.05) is 11.9 Å². The summed E-state index contributed by atoms with van der Waals surface area (Å²) in [6.07, 6.45) is 0. The minimum Gasteiger partial charge on any atom is -0.478 e. The Hall–Kier alpha value is -0.830. The number of rotatable bonds is 5. The number of carboxylic acid groups (broad SMARTS) is 1. The summed E-state index contributed by atoms with van der Waals surface area (Å²) in [5.74, 6) is -0.394. The van der Waals surface area contributed by atoms with Gasteiger partial charge in [-0.25, -0.2) is 4.79 Å². The van der Waals surface area contributed by atoms with Crippen LogP contribution in [0.2, 0.25) is 0 Å². The summed E-state index contributed by atoms with van der Waals surface area (Å²) >= 11 is 0. The predicted molar refractivity (Wildman–Crippen MR) is 53.7 cm³/mol. The van der Waals surface area contributed by atoms with Crippen LogP contribution in [0.25, 0.3) is 0 Å². The molecule has 3 nitrogen and oxygen atoms in total. The van der Waals surface area contributed by atoms with Crippen molar-refractivity contribution in [3.8, 4) is 0 Å². The lowest BCUT2D eigenvalue weighted by atomic mass is 10.0. The monoisotopic (exact) mass is 185 g/mol. The molecule has 0 aliphatic rings. The Kier molecular flexibility index (Phi) is 4.70. The molecule has 0 aliphatic heterocycles. The maximum atomic E-state index is 10.5. The topological polar surface area (TPSA) is 40.5 Å². The predicted octanol–water partition coefficient (Wildman–Crippen LogP) is 1.60. The molecule has 3 heteroatoms. The molecular weight excluding hydrogens is 166 g/mol. The van der Waals surface area contributed by atoms with Crippen molar-refractivity contribution in [1.29, 1.82) is 0 Å². The largest absolute Gasteiger partial charge is 0.478 e. The van der Waals surface area contributed by atoms with Crippen LogP contribution in [0.3, 0.4) is 0 Å². The second-order valence-corrected chi connectivity index (χ2v) is 3.81. The smallest absolute Gasteiger partial charge is 0.332 e. The summed E-state index contributed by atoms with van der Waals surface area (Å²) in [5, 5.41) is 8.63. The highest BCUT2D eigenvalue weighted by molar-refractivity contribution is 5.86. The average Bonchev–Trinajstić information content (AvgIpc) is 2.02. The van der Waals surface area contributed by atoms with E-state index in [-0.39, 0.29) is 5.57 Å². The van der Waals surface area contributed by atoms with Gasteiger partial charge in [-0.15, -0.1) is 0 Å². The zero-order valence-corrected chi connectivity index (χ0v) is 8.87. The Bertz CT molecular complexity index is 199. The lowest BCUT2D eigenvalue weighted by Gasteiger charge is -2.27. The first-order chi connectivity index (χ1) is 5.86. The van der Waals surface area contributed by atoms with E-state index >= 15 is 0 Å². The lowest BCUT2D eigenvalue weighted by molar-refractivity contribution is -0.132. The molecule has 0 fully saturated rings. The molecule has 0 amide bonds. The molecule has 1 N–H and O–H groups in total. The minimum atomic E-state index is -0.914. The van der Waals surface area contributed by atoms with Crippen LogP contribution in [0.15, 0.2) is 12.2 Å². The number of likely N-dealkylation sites (N-methyl/N-ethyl adjacent to an activating group) is 1. The van der Waals surface area contributed by atoms with Crippen LogP contribution in [-0.4, -0.2) is 35.6 Å². The van der Waals surface area contributed by atoms with Gasteiger partial charge in [-0.1, -0.05) is 20.4 Å². The molecule has 0 heterocycles. The molecule has 0 spiro atoms. The van der Waals surface area contributed by atoms with Gasteiger partial charge in [0, 0.05) is 18.2 Å². The number of carbonyl (C=O) groups is 1. The normalized spacial score (nSPS) is 13.4. The van der Waals surface area contributed by atoms with Crippen LogP contribution in [0.1, 0.15) is 20.8 Å². The van der Waals surface area contributed by atoms with Crippen molar-refractivity contribution < 1.29 is 9.90 Å². The molecule has 0 rings (SSSR count). The van der Waals surface area contributed by atoms with Gasteiger partial charge >= 0.3 is 5.97 Å². The highest BCUT2D eigenvalue weighted by Gasteiger charge is 2.15. The lowest BCUT2D eigenvalue weighted by Crippen LogP contribution is -2.35. The molecule has 0 saturated heterocycles. The molecule has 1 unspecified atom stereocenters. The van der Waals surface area contributed by atoms with Gasteiger partial charge in [-0.05, 0) is 19.9 Å². The van der Waals surface area contributed by atoms with E-state index in [0.29, 0.717) is 18.5 Å². The van der Waals surface area contributed by atoms with Gasteiger partial charge in [0.15, 0.2) is 0 Å². The van der Waals surface area contributed by atoms with Gasteiger partial charge in [-0.2, -0.15) is 0 Å². The third-order valence-electron chi connectivity index (χ3n) is 2.40. The van der Waals surface area contributed by atoms with E-state index in [2.05, 4.69) is 27.4 Å². The van der Waals surface area contributed by atoms with Crippen molar-refractivity contribution in [2.24, 2.45) is 5.92 Å².